The molecule has 2 heterocycles. The highest BCUT2D eigenvalue weighted by Gasteiger charge is 2.16. The van der Waals surface area contributed by atoms with Crippen molar-refractivity contribution in [2.45, 2.75) is 6.54 Å². The summed E-state index contributed by atoms with van der Waals surface area (Å²) in [5.41, 5.74) is 0.740. The lowest BCUT2D eigenvalue weighted by molar-refractivity contribution is 0.0698. The zero-order valence-electron chi connectivity index (χ0n) is 13.0. The Balaban J connectivity index is 2.32. The van der Waals surface area contributed by atoms with Gasteiger partial charge in [-0.3, -0.25) is 4.79 Å². The number of para-hydroxylation sites is 1. The number of hydrogen-bond donors (Lipinski definition) is 1. The Labute approximate surface area is 132 Å². The molecular weight excluding hydrogens is 294 g/mol. The van der Waals surface area contributed by atoms with E-state index in [1.807, 2.05) is 37.2 Å². The van der Waals surface area contributed by atoms with Crippen LogP contribution in [0.15, 0.2) is 41.3 Å². The van der Waals surface area contributed by atoms with E-state index in [0.29, 0.717) is 24.0 Å². The molecule has 118 valence electrons. The summed E-state index contributed by atoms with van der Waals surface area (Å²) in [6.07, 6.45) is 1.39. The minimum Gasteiger partial charge on any atom is -0.478 e. The number of carboxylic acid groups (broad SMARTS) is 1. The molecule has 0 aliphatic rings. The molecule has 0 aliphatic heterocycles. The molecule has 0 saturated carbocycles. The van der Waals surface area contributed by atoms with Gasteiger partial charge in [-0.05, 0) is 26.2 Å². The van der Waals surface area contributed by atoms with E-state index < -0.39 is 5.97 Å². The number of hydrogen-bond acceptors (Lipinski definition) is 4. The van der Waals surface area contributed by atoms with E-state index in [1.165, 1.54) is 10.8 Å². The maximum absolute atomic E-state index is 12.7. The van der Waals surface area contributed by atoms with Crippen molar-refractivity contribution >= 4 is 27.8 Å². The lowest BCUT2D eigenvalue weighted by Gasteiger charge is -2.13. The van der Waals surface area contributed by atoms with Crippen molar-refractivity contribution in [2.75, 3.05) is 20.6 Å². The van der Waals surface area contributed by atoms with Crippen molar-refractivity contribution < 1.29 is 9.90 Å². The maximum Gasteiger partial charge on any atom is 0.339 e. The number of nitrogens with zero attached hydrogens (tertiary/aromatic N) is 3. The molecule has 0 radical (unpaired) electrons. The van der Waals surface area contributed by atoms with Gasteiger partial charge in [-0.2, -0.15) is 0 Å². The summed E-state index contributed by atoms with van der Waals surface area (Å²) < 4.78 is 1.45. The van der Waals surface area contributed by atoms with E-state index in [-0.39, 0.29) is 16.6 Å². The number of aromatic carboxylic acids is 1. The second-order valence-electron chi connectivity index (χ2n) is 5.73. The molecule has 3 aromatic rings. The number of benzene rings is 1. The highest BCUT2D eigenvalue weighted by atomic mass is 16.4. The smallest absolute Gasteiger partial charge is 0.339 e. The average molecular weight is 311 g/mol. The second-order valence-corrected chi connectivity index (χ2v) is 5.73. The lowest BCUT2D eigenvalue weighted by Crippen LogP contribution is -2.27. The summed E-state index contributed by atoms with van der Waals surface area (Å²) in [5, 5.41) is 10.6. The van der Waals surface area contributed by atoms with Crippen LogP contribution in [0.4, 0.5) is 0 Å². The van der Waals surface area contributed by atoms with Crippen LogP contribution in [0, 0.1) is 0 Å². The normalized spacial score (nSPS) is 11.4. The van der Waals surface area contributed by atoms with Crippen molar-refractivity contribution in [2.24, 2.45) is 0 Å². The van der Waals surface area contributed by atoms with E-state index in [4.69, 9.17) is 0 Å². The summed E-state index contributed by atoms with van der Waals surface area (Å²) in [6, 6.07) is 9.08. The third-order valence-corrected chi connectivity index (χ3v) is 3.77. The largest absolute Gasteiger partial charge is 0.478 e. The fraction of sp³-hybridized carbons (Fsp3) is 0.235. The average Bonchev–Trinajstić information content (AvgIpc) is 2.52. The molecule has 0 aliphatic carbocycles. The summed E-state index contributed by atoms with van der Waals surface area (Å²) in [4.78, 5) is 30.6. The molecule has 3 rings (SSSR count). The molecule has 0 unspecified atom stereocenters. The highest BCUT2D eigenvalue weighted by Crippen LogP contribution is 2.20. The van der Waals surface area contributed by atoms with Crippen LogP contribution in [0.2, 0.25) is 0 Å². The van der Waals surface area contributed by atoms with Gasteiger partial charge in [-0.15, -0.1) is 0 Å². The fourth-order valence-corrected chi connectivity index (χ4v) is 2.54. The van der Waals surface area contributed by atoms with Gasteiger partial charge in [0, 0.05) is 24.7 Å². The number of aromatic nitrogens is 2. The van der Waals surface area contributed by atoms with Crippen LogP contribution < -0.4 is 5.56 Å². The number of likely N-dealkylation sites (N-methyl/N-ethyl adjacent to an activating group) is 1. The van der Waals surface area contributed by atoms with Gasteiger partial charge in [0.05, 0.1) is 16.4 Å². The van der Waals surface area contributed by atoms with Crippen molar-refractivity contribution in [3.8, 4) is 0 Å². The maximum atomic E-state index is 12.7. The Morgan fingerprint density at radius 1 is 1.30 bits per heavy atom. The van der Waals surface area contributed by atoms with E-state index in [9.17, 15) is 14.7 Å². The van der Waals surface area contributed by atoms with E-state index in [2.05, 4.69) is 4.98 Å². The van der Waals surface area contributed by atoms with Crippen molar-refractivity contribution in [1.82, 2.24) is 14.5 Å². The summed E-state index contributed by atoms with van der Waals surface area (Å²) in [5.74, 6) is -1.09. The van der Waals surface area contributed by atoms with E-state index in [0.717, 1.165) is 5.39 Å². The molecule has 6 heteroatoms. The Bertz CT molecular complexity index is 960. The van der Waals surface area contributed by atoms with Gasteiger partial charge in [-0.25, -0.2) is 9.78 Å². The first-order valence-corrected chi connectivity index (χ1v) is 7.28. The first-order chi connectivity index (χ1) is 11.0. The minimum absolute atomic E-state index is 0.0455. The van der Waals surface area contributed by atoms with Crippen LogP contribution >= 0.6 is 0 Å². The molecular formula is C17H17N3O3. The van der Waals surface area contributed by atoms with Crippen LogP contribution in [-0.4, -0.2) is 46.2 Å². The highest BCUT2D eigenvalue weighted by molar-refractivity contribution is 6.04. The molecule has 0 amide bonds. The zero-order chi connectivity index (χ0) is 16.6. The van der Waals surface area contributed by atoms with Crippen LogP contribution in [0.5, 0.6) is 0 Å². The first-order valence-electron chi connectivity index (χ1n) is 7.28. The Hall–Kier alpha value is -2.73. The summed E-state index contributed by atoms with van der Waals surface area (Å²) in [6.45, 7) is 1.07. The number of rotatable bonds is 4. The predicted molar refractivity (Wildman–Crippen MR) is 89.0 cm³/mol. The lowest BCUT2D eigenvalue weighted by atomic mass is 10.1. The monoisotopic (exact) mass is 311 g/mol. The first kappa shape index (κ1) is 15.2. The summed E-state index contributed by atoms with van der Waals surface area (Å²) >= 11 is 0. The molecule has 1 N–H and O–H groups in total. The molecule has 1 aromatic carbocycles. The topological polar surface area (TPSA) is 75.4 Å². The van der Waals surface area contributed by atoms with Gasteiger partial charge in [0.15, 0.2) is 0 Å². The van der Waals surface area contributed by atoms with Gasteiger partial charge in [0.1, 0.15) is 5.56 Å². The molecule has 0 saturated heterocycles. The molecule has 2 aromatic heterocycles. The third-order valence-electron chi connectivity index (χ3n) is 3.77. The molecule has 6 nitrogen and oxygen atoms in total. The van der Waals surface area contributed by atoms with E-state index >= 15 is 0 Å². The SMILES string of the molecule is CN(C)CCn1cc(C(=O)O)c2nc3ccccc3cc2c1=O. The Morgan fingerprint density at radius 3 is 2.74 bits per heavy atom. The van der Waals surface area contributed by atoms with Gasteiger partial charge < -0.3 is 14.6 Å². The van der Waals surface area contributed by atoms with Crippen LogP contribution in [-0.2, 0) is 6.54 Å². The van der Waals surface area contributed by atoms with Crippen LogP contribution in [0.25, 0.3) is 21.8 Å². The number of carbonyl (C=O) groups is 1. The quantitative estimate of drug-likeness (QED) is 0.744. The molecule has 0 atom stereocenters. The molecule has 0 bridgehead atoms. The Morgan fingerprint density at radius 2 is 2.04 bits per heavy atom. The predicted octanol–water partition coefficient (Wildman–Crippen LogP) is 1.81. The molecule has 0 fully saturated rings. The Kier molecular flexibility index (Phi) is 3.83. The van der Waals surface area contributed by atoms with Crippen molar-refractivity contribution in [3.63, 3.8) is 0 Å². The van der Waals surface area contributed by atoms with Crippen molar-refractivity contribution in [1.29, 1.82) is 0 Å². The standard InChI is InChI=1S/C17H17N3O3/c1-19(2)7-8-20-10-13(17(22)23)15-12(16(20)21)9-11-5-3-4-6-14(11)18-15/h3-6,9-10H,7-8H2,1-2H3,(H,22,23). The minimum atomic E-state index is -1.09. The van der Waals surface area contributed by atoms with Gasteiger partial charge in [0.2, 0.25) is 0 Å². The molecule has 0 spiro atoms. The number of pyridine rings is 2. The second kappa shape index (κ2) is 5.81. The zero-order valence-corrected chi connectivity index (χ0v) is 13.0. The third kappa shape index (κ3) is 2.80. The fourth-order valence-electron chi connectivity index (χ4n) is 2.54. The van der Waals surface area contributed by atoms with Crippen LogP contribution in [0.3, 0.4) is 0 Å². The van der Waals surface area contributed by atoms with Crippen molar-refractivity contribution in [3.05, 3.63) is 52.4 Å². The van der Waals surface area contributed by atoms with Crippen LogP contribution in [0.1, 0.15) is 10.4 Å². The van der Waals surface area contributed by atoms with Gasteiger partial charge in [-0.1, -0.05) is 18.2 Å². The van der Waals surface area contributed by atoms with Gasteiger partial charge in [0.25, 0.3) is 5.56 Å². The number of fused-ring (bicyclic) bond motifs is 2. The van der Waals surface area contributed by atoms with Gasteiger partial charge >= 0.3 is 5.97 Å². The number of carboxylic acids is 1. The summed E-state index contributed by atoms with van der Waals surface area (Å²) in [7, 11) is 3.80. The van der Waals surface area contributed by atoms with E-state index in [1.54, 1.807) is 12.1 Å². The molecule has 23 heavy (non-hydrogen) atoms.